The first-order valence-corrected chi connectivity index (χ1v) is 51.9. The molecule has 8 heterocycles. The Hall–Kier alpha value is -10.6. The molecule has 130 heavy (non-hydrogen) atoms. The Morgan fingerprint density at radius 3 is 1.45 bits per heavy atom. The van der Waals surface area contributed by atoms with E-state index in [9.17, 15) is 50.9 Å². The van der Waals surface area contributed by atoms with Gasteiger partial charge in [0.05, 0.1) is 43.2 Å². The van der Waals surface area contributed by atoms with E-state index in [2.05, 4.69) is 120 Å². The Morgan fingerprint density at radius 1 is 0.577 bits per heavy atom. The Balaban J connectivity index is 0.000000199. The smallest absolute Gasteiger partial charge is 0.273 e. The van der Waals surface area contributed by atoms with E-state index in [4.69, 9.17) is 32.7 Å². The molecule has 4 saturated heterocycles. The number of nitro groups is 2. The number of carbonyl (C=O) groups excluding carboxylic acids is 2. The van der Waals surface area contributed by atoms with Crippen LogP contribution in [0.5, 0.6) is 23.0 Å². The summed E-state index contributed by atoms with van der Waals surface area (Å²) in [6.07, 6.45) is 15.8. The van der Waals surface area contributed by atoms with Gasteiger partial charge in [-0.05, 0) is 207 Å². The number of pyridine rings is 2. The van der Waals surface area contributed by atoms with Gasteiger partial charge in [-0.15, -0.1) is 9.41 Å². The molecule has 0 spiro atoms. The van der Waals surface area contributed by atoms with E-state index in [0.29, 0.717) is 77.5 Å². The zero-order chi connectivity index (χ0) is 92.0. The summed E-state index contributed by atoms with van der Waals surface area (Å²) in [6, 6.07) is 41.3. The molecule has 1 unspecified atom stereocenters. The van der Waals surface area contributed by atoms with E-state index in [1.165, 1.54) is 70.1 Å². The molecule has 0 radical (unpaired) electrons. The Morgan fingerprint density at radius 2 is 1.02 bits per heavy atom. The number of aryl methyl sites for hydroxylation is 1. The minimum absolute atomic E-state index is 0.0242. The predicted molar refractivity (Wildman–Crippen MR) is 519 cm³/mol. The molecule has 4 aliphatic heterocycles. The number of amides is 2. The van der Waals surface area contributed by atoms with Gasteiger partial charge >= 0.3 is 0 Å². The third-order valence-electron chi connectivity index (χ3n) is 26.4. The molecule has 6 aliphatic rings. The fraction of sp³-hybridized carbons (Fsp3) is 0.406. The standard InChI is InChI=1S/C48H57ClN8O6S2.C48H56ClN7O7S2/c1-48(2)17-15-37(43(31-48)34-7-10-38(49)11-8-34)33-55-20-22-56(23-21-55)39-12-14-42(45(29-39)63-40-28-36-16-18-51-46(36)52-32-40)47(58)53-65(61,62)41-13-9-35(44(30-41)57(59)60)6-5-19-54-24-26-64(4,50-3)27-25-54;1-32(33-15-23-64(60,50-4)24-16-33)25-35-7-11-41(28-44(35)56(58)59)65(61,62)53-47(57)42-12-10-39(27-45(42)63-40-26-36-14-18-51-46(36)52-30-40)55-21-19-54(20-22-55)31-37-13-17-48(2,3)29-43(37)34-5-8-38(49)9-6-34/h7-14,16,18,28-30,32H,4-6,15,17,19-27,31,33H2,1-3H3,(H,51,52)(H,53,58);5-12,14,18,26-28,30,32-33H,13,15-17,19-25,29,31H2,1-4H3,(H,51,52)(H,53,57). The van der Waals surface area contributed by atoms with Crippen LogP contribution in [0.15, 0.2) is 200 Å². The van der Waals surface area contributed by atoms with E-state index in [-0.39, 0.29) is 61.6 Å². The first-order valence-electron chi connectivity index (χ1n) is 44.2. The number of allylic oxidation sites excluding steroid dienone is 2. The van der Waals surface area contributed by atoms with Crippen molar-refractivity contribution in [1.29, 1.82) is 0 Å². The number of benzene rings is 6. The molecule has 4 N–H and O–H groups in total. The van der Waals surface area contributed by atoms with Crippen molar-refractivity contribution in [3.63, 3.8) is 0 Å². The lowest BCUT2D eigenvalue weighted by molar-refractivity contribution is -0.385. The average molecular weight is 1880 g/mol. The maximum absolute atomic E-state index is 14.0. The van der Waals surface area contributed by atoms with Crippen LogP contribution in [0.1, 0.15) is 135 Å². The van der Waals surface area contributed by atoms with E-state index >= 15 is 0 Å². The first kappa shape index (κ1) is 94.1. The molecule has 34 heteroatoms. The number of halogens is 2. The number of nitro benzene ring substituents is 2. The molecular weight excluding hydrogens is 1770 g/mol. The third-order valence-corrected chi connectivity index (χ3v) is 34.7. The van der Waals surface area contributed by atoms with Gasteiger partial charge in [-0.3, -0.25) is 44.0 Å². The number of nitrogens with one attached hydrogen (secondary N) is 4. The summed E-state index contributed by atoms with van der Waals surface area (Å²) < 4.78 is 93.4. The van der Waals surface area contributed by atoms with Crippen molar-refractivity contribution in [2.75, 3.05) is 132 Å². The maximum Gasteiger partial charge on any atom is 0.273 e. The fourth-order valence-corrected chi connectivity index (χ4v) is 24.4. The number of fused-ring (bicyclic) bond motifs is 2. The quantitative estimate of drug-likeness (QED) is 0.0211. The number of hydrogen-bond acceptors (Lipinski definition) is 22. The Bertz CT molecular complexity index is 6500. The number of nitrogens with zero attached hydrogens (tertiary/aromatic N) is 11. The number of anilines is 2. The number of sulfonamides is 2. The minimum atomic E-state index is -4.58. The van der Waals surface area contributed by atoms with Crippen molar-refractivity contribution in [2.45, 2.75) is 115 Å². The SMILES string of the molecule is C=S1(=NC)CCN(CCCc2ccc(S(=O)(=O)NC(=O)c3ccc(N4CCN(CC5=C(c6ccc(Cl)cc6)CC(C)(C)CC5)CC4)cc3Oc3cnc4[nH]ccc4c3)cc2[N+](=O)[O-])CC1.CN=S1(=O)CCC(C(C)Cc2ccc(S(=O)(=O)NC(=O)c3ccc(N4CCN(CC5=C(c6ccc(Cl)cc6)CC(C)(C)CC5)CC4)cc3Oc3cnc4[nH]ccc4c3)cc2[N+](=O)[O-])CC1. The van der Waals surface area contributed by atoms with Gasteiger partial charge in [0.2, 0.25) is 0 Å². The van der Waals surface area contributed by atoms with Gasteiger partial charge in [0, 0.05) is 205 Å². The van der Waals surface area contributed by atoms with Gasteiger partial charge in [0.1, 0.15) is 34.3 Å². The number of carbonyl (C=O) groups is 2. The first-order chi connectivity index (χ1) is 62.0. The molecule has 10 aromatic rings. The topological polar surface area (TPSA) is 347 Å². The number of aromatic amines is 2. The molecule has 0 bridgehead atoms. The molecular formula is C96H113Cl2N15O13S4. The second-order valence-electron chi connectivity index (χ2n) is 36.5. The van der Waals surface area contributed by atoms with Crippen LogP contribution in [0.3, 0.4) is 0 Å². The lowest BCUT2D eigenvalue weighted by atomic mass is 9.72. The Kier molecular flexibility index (Phi) is 28.9. The lowest BCUT2D eigenvalue weighted by Gasteiger charge is -2.39. The number of ether oxygens (including phenoxy) is 2. The highest BCUT2D eigenvalue weighted by Gasteiger charge is 2.36. The van der Waals surface area contributed by atoms with Crippen molar-refractivity contribution in [3.8, 4) is 23.0 Å². The molecule has 688 valence electrons. The van der Waals surface area contributed by atoms with Gasteiger partial charge in [-0.1, -0.05) is 111 Å². The summed E-state index contributed by atoms with van der Waals surface area (Å²) in [5.41, 5.74) is 11.7. The van der Waals surface area contributed by atoms with Crippen molar-refractivity contribution >= 4 is 136 Å². The van der Waals surface area contributed by atoms with Gasteiger partial charge in [0.25, 0.3) is 43.2 Å². The molecule has 1 atom stereocenters. The maximum atomic E-state index is 14.0. The highest BCUT2D eigenvalue weighted by molar-refractivity contribution is 8.02. The van der Waals surface area contributed by atoms with E-state index in [0.717, 1.165) is 179 Å². The number of piperazine rings is 2. The number of H-pyrrole nitrogens is 2. The van der Waals surface area contributed by atoms with Crippen LogP contribution in [-0.2, 0) is 52.0 Å². The van der Waals surface area contributed by atoms with E-state index in [1.807, 2.05) is 50.4 Å². The third kappa shape index (κ3) is 22.9. The van der Waals surface area contributed by atoms with Crippen LogP contribution >= 0.6 is 23.2 Å². The van der Waals surface area contributed by atoms with Crippen molar-refractivity contribution < 1.29 is 50.0 Å². The van der Waals surface area contributed by atoms with Crippen molar-refractivity contribution in [2.24, 2.45) is 31.4 Å². The van der Waals surface area contributed by atoms with E-state index in [1.54, 1.807) is 68.0 Å². The van der Waals surface area contributed by atoms with Gasteiger partial charge < -0.3 is 34.1 Å². The molecule has 6 aromatic carbocycles. The van der Waals surface area contributed by atoms with Gasteiger partial charge in [-0.2, -0.15) is 0 Å². The summed E-state index contributed by atoms with van der Waals surface area (Å²) in [5.74, 6) is 6.46. The predicted octanol–water partition coefficient (Wildman–Crippen LogP) is 18.0. The van der Waals surface area contributed by atoms with Crippen LogP contribution in [-0.4, -0.2) is 205 Å². The van der Waals surface area contributed by atoms with E-state index < -0.39 is 65.7 Å². The minimum Gasteiger partial charge on any atom is -0.455 e. The zero-order valence-electron chi connectivity index (χ0n) is 74.4. The van der Waals surface area contributed by atoms with Gasteiger partial charge in [-0.25, -0.2) is 44.8 Å². The molecule has 2 aliphatic carbocycles. The Labute approximate surface area is 771 Å². The van der Waals surface area contributed by atoms with Crippen LogP contribution in [0, 0.1) is 42.9 Å². The van der Waals surface area contributed by atoms with Crippen LogP contribution in [0.25, 0.3) is 33.2 Å². The second kappa shape index (κ2) is 39.9. The number of aromatic nitrogens is 4. The highest BCUT2D eigenvalue weighted by Crippen LogP contribution is 2.47. The second-order valence-corrected chi connectivity index (χ2v) is 46.7. The summed E-state index contributed by atoms with van der Waals surface area (Å²) in [7, 11) is -9.06. The summed E-state index contributed by atoms with van der Waals surface area (Å²) in [4.78, 5) is 77.3. The molecule has 16 rings (SSSR count). The molecule has 4 aromatic heterocycles. The lowest BCUT2D eigenvalue weighted by Crippen LogP contribution is -2.47. The van der Waals surface area contributed by atoms with Gasteiger partial charge in [0.15, 0.2) is 0 Å². The largest absolute Gasteiger partial charge is 0.455 e. The van der Waals surface area contributed by atoms with Crippen LogP contribution in [0.2, 0.25) is 10.0 Å². The summed E-state index contributed by atoms with van der Waals surface area (Å²) in [5, 5.41) is 27.6. The van der Waals surface area contributed by atoms with Crippen molar-refractivity contribution in [1.82, 2.24) is 44.1 Å². The molecule has 0 saturated carbocycles. The van der Waals surface area contributed by atoms with Crippen LogP contribution < -0.4 is 28.7 Å². The number of hydrogen-bond donors (Lipinski definition) is 4. The molecule has 4 fully saturated rings. The summed E-state index contributed by atoms with van der Waals surface area (Å²) >= 11 is 12.5. The number of rotatable bonds is 27. The van der Waals surface area contributed by atoms with Crippen molar-refractivity contribution in [3.05, 3.63) is 245 Å². The monoisotopic (exact) mass is 1880 g/mol. The highest BCUT2D eigenvalue weighted by atomic mass is 35.5. The summed E-state index contributed by atoms with van der Waals surface area (Å²) in [6.45, 7) is 21.8. The fourth-order valence-electron chi connectivity index (χ4n) is 18.5. The van der Waals surface area contributed by atoms with Crippen LogP contribution in [0.4, 0.5) is 22.7 Å². The normalized spacial score (nSPS) is 19.5. The zero-order valence-corrected chi connectivity index (χ0v) is 79.2. The molecule has 28 nitrogen and oxygen atoms in total. The average Bonchev–Trinajstić information content (AvgIpc) is 0.981. The molecule has 2 amide bonds.